The Labute approximate surface area is 193 Å². The van der Waals surface area contributed by atoms with Crippen molar-refractivity contribution in [1.29, 1.82) is 0 Å². The van der Waals surface area contributed by atoms with E-state index in [-0.39, 0.29) is 30.7 Å². The molecule has 174 valence electrons. The lowest BCUT2D eigenvalue weighted by Crippen LogP contribution is -2.31. The van der Waals surface area contributed by atoms with Gasteiger partial charge in [0.05, 0.1) is 31.4 Å². The minimum absolute atomic E-state index is 0.0686. The highest BCUT2D eigenvalue weighted by atomic mass is 16.5. The van der Waals surface area contributed by atoms with Crippen molar-refractivity contribution in [1.82, 2.24) is 4.90 Å². The van der Waals surface area contributed by atoms with E-state index >= 15 is 0 Å². The van der Waals surface area contributed by atoms with E-state index in [9.17, 15) is 14.4 Å². The maximum atomic E-state index is 13.1. The molecule has 2 aliphatic heterocycles. The number of nitrogens with zero attached hydrogens (tertiary/aromatic N) is 2. The SMILES string of the molecule is COc1ccc(N2CC(C(=O)Nc3c(C)cccc3C(=O)N3CCCC3)CC2=O)cc1OC. The third kappa shape index (κ3) is 4.51. The minimum atomic E-state index is -0.528. The number of benzene rings is 2. The van der Waals surface area contributed by atoms with E-state index in [2.05, 4.69) is 5.32 Å². The summed E-state index contributed by atoms with van der Waals surface area (Å²) in [6, 6.07) is 10.7. The molecule has 2 aromatic rings. The van der Waals surface area contributed by atoms with Gasteiger partial charge in [-0.3, -0.25) is 14.4 Å². The standard InChI is InChI=1S/C25H29N3O5/c1-16-7-6-8-19(25(31)27-11-4-5-12-27)23(16)26-24(30)17-13-22(29)28(15-17)18-9-10-20(32-2)21(14-18)33-3/h6-10,14,17H,4-5,11-13,15H2,1-3H3,(H,26,30). The van der Waals surface area contributed by atoms with Gasteiger partial charge in [0.25, 0.3) is 5.91 Å². The molecular weight excluding hydrogens is 422 g/mol. The average molecular weight is 452 g/mol. The molecule has 2 aliphatic rings. The lowest BCUT2D eigenvalue weighted by molar-refractivity contribution is -0.122. The number of likely N-dealkylation sites (tertiary alicyclic amines) is 1. The summed E-state index contributed by atoms with van der Waals surface area (Å²) in [6.07, 6.45) is 2.09. The molecule has 8 nitrogen and oxygen atoms in total. The zero-order valence-corrected chi connectivity index (χ0v) is 19.2. The summed E-state index contributed by atoms with van der Waals surface area (Å²) >= 11 is 0. The number of ether oxygens (including phenoxy) is 2. The molecule has 1 unspecified atom stereocenters. The van der Waals surface area contributed by atoms with E-state index in [0.717, 1.165) is 31.5 Å². The number of hydrogen-bond donors (Lipinski definition) is 1. The molecule has 0 saturated carbocycles. The molecule has 33 heavy (non-hydrogen) atoms. The van der Waals surface area contributed by atoms with Gasteiger partial charge in [0.15, 0.2) is 11.5 Å². The molecule has 3 amide bonds. The van der Waals surface area contributed by atoms with Crippen molar-refractivity contribution >= 4 is 29.1 Å². The Bertz CT molecular complexity index is 1080. The Balaban J connectivity index is 1.51. The summed E-state index contributed by atoms with van der Waals surface area (Å²) in [5, 5.41) is 2.95. The van der Waals surface area contributed by atoms with Crippen LogP contribution in [0.15, 0.2) is 36.4 Å². The highest BCUT2D eigenvalue weighted by Gasteiger charge is 2.36. The summed E-state index contributed by atoms with van der Waals surface area (Å²) in [4.78, 5) is 42.3. The van der Waals surface area contributed by atoms with E-state index in [1.807, 2.05) is 24.0 Å². The van der Waals surface area contributed by atoms with E-state index in [1.54, 1.807) is 36.3 Å². The van der Waals surface area contributed by atoms with Crippen LogP contribution in [0.4, 0.5) is 11.4 Å². The lowest BCUT2D eigenvalue weighted by Gasteiger charge is -2.21. The van der Waals surface area contributed by atoms with Crippen molar-refractivity contribution in [3.05, 3.63) is 47.5 Å². The third-order valence-corrected chi connectivity index (χ3v) is 6.32. The molecule has 8 heteroatoms. The molecule has 1 N–H and O–H groups in total. The van der Waals surface area contributed by atoms with Crippen molar-refractivity contribution in [2.24, 2.45) is 5.92 Å². The van der Waals surface area contributed by atoms with E-state index in [0.29, 0.717) is 28.4 Å². The van der Waals surface area contributed by atoms with Crippen LogP contribution >= 0.6 is 0 Å². The first kappa shape index (κ1) is 22.6. The topological polar surface area (TPSA) is 88.2 Å². The highest BCUT2D eigenvalue weighted by Crippen LogP contribution is 2.34. The number of carbonyl (C=O) groups is 3. The van der Waals surface area contributed by atoms with Gasteiger partial charge in [0.1, 0.15) is 0 Å². The quantitative estimate of drug-likeness (QED) is 0.729. The fraction of sp³-hybridized carbons (Fsp3) is 0.400. The Morgan fingerprint density at radius 3 is 2.45 bits per heavy atom. The Morgan fingerprint density at radius 1 is 1.03 bits per heavy atom. The number of carbonyl (C=O) groups excluding carboxylic acids is 3. The van der Waals surface area contributed by atoms with Crippen molar-refractivity contribution in [3.63, 3.8) is 0 Å². The smallest absolute Gasteiger partial charge is 0.255 e. The van der Waals surface area contributed by atoms with Gasteiger partial charge in [0.2, 0.25) is 11.8 Å². The zero-order valence-electron chi connectivity index (χ0n) is 19.2. The maximum absolute atomic E-state index is 13.1. The molecular formula is C25H29N3O5. The summed E-state index contributed by atoms with van der Waals surface area (Å²) < 4.78 is 10.6. The van der Waals surface area contributed by atoms with Crippen LogP contribution in [0, 0.1) is 12.8 Å². The van der Waals surface area contributed by atoms with Crippen LogP contribution in [0.2, 0.25) is 0 Å². The van der Waals surface area contributed by atoms with Gasteiger partial charge in [-0.1, -0.05) is 12.1 Å². The summed E-state index contributed by atoms with van der Waals surface area (Å²) in [5.74, 6) is 0.0788. The number of anilines is 2. The van der Waals surface area contributed by atoms with Crippen LogP contribution in [0.25, 0.3) is 0 Å². The van der Waals surface area contributed by atoms with Crippen molar-refractivity contribution in [2.75, 3.05) is 44.1 Å². The fourth-order valence-corrected chi connectivity index (χ4v) is 4.45. The van der Waals surface area contributed by atoms with Gasteiger partial charge in [-0.25, -0.2) is 0 Å². The predicted octanol–water partition coefficient (Wildman–Crippen LogP) is 3.24. The Kier molecular flexibility index (Phi) is 6.53. The lowest BCUT2D eigenvalue weighted by atomic mass is 10.0. The third-order valence-electron chi connectivity index (χ3n) is 6.32. The number of amides is 3. The average Bonchev–Trinajstić information content (AvgIpc) is 3.49. The van der Waals surface area contributed by atoms with Crippen LogP contribution in [0.3, 0.4) is 0 Å². The van der Waals surface area contributed by atoms with Gasteiger partial charge < -0.3 is 24.6 Å². The number of aryl methyl sites for hydroxylation is 1. The molecule has 0 bridgehead atoms. The zero-order chi connectivity index (χ0) is 23.5. The second kappa shape index (κ2) is 9.52. The number of para-hydroxylation sites is 1. The number of rotatable bonds is 6. The molecule has 0 aliphatic carbocycles. The summed E-state index contributed by atoms with van der Waals surface area (Å²) in [6.45, 7) is 3.59. The normalized spacial score (nSPS) is 17.9. The van der Waals surface area contributed by atoms with Gasteiger partial charge in [-0.05, 0) is 43.5 Å². The summed E-state index contributed by atoms with van der Waals surface area (Å²) in [5.41, 5.74) is 2.48. The van der Waals surface area contributed by atoms with Crippen molar-refractivity contribution in [3.8, 4) is 11.5 Å². The van der Waals surface area contributed by atoms with Gasteiger partial charge in [-0.2, -0.15) is 0 Å². The van der Waals surface area contributed by atoms with Crippen LogP contribution in [-0.4, -0.2) is 56.5 Å². The molecule has 0 radical (unpaired) electrons. The predicted molar refractivity (Wildman–Crippen MR) is 125 cm³/mol. The summed E-state index contributed by atoms with van der Waals surface area (Å²) in [7, 11) is 3.08. The molecule has 2 saturated heterocycles. The van der Waals surface area contributed by atoms with Crippen LogP contribution in [0.5, 0.6) is 11.5 Å². The molecule has 0 aromatic heterocycles. The van der Waals surface area contributed by atoms with Gasteiger partial charge in [-0.15, -0.1) is 0 Å². The molecule has 0 spiro atoms. The molecule has 2 fully saturated rings. The number of nitrogens with one attached hydrogen (secondary N) is 1. The largest absolute Gasteiger partial charge is 0.493 e. The Morgan fingerprint density at radius 2 is 1.76 bits per heavy atom. The van der Waals surface area contributed by atoms with E-state index in [1.165, 1.54) is 7.11 Å². The molecule has 4 rings (SSSR count). The first-order valence-electron chi connectivity index (χ1n) is 11.1. The van der Waals surface area contributed by atoms with Crippen LogP contribution in [-0.2, 0) is 9.59 Å². The Hall–Kier alpha value is -3.55. The van der Waals surface area contributed by atoms with E-state index in [4.69, 9.17) is 9.47 Å². The molecule has 1 atom stereocenters. The number of methoxy groups -OCH3 is 2. The second-order valence-corrected chi connectivity index (χ2v) is 8.43. The molecule has 2 heterocycles. The monoisotopic (exact) mass is 451 g/mol. The van der Waals surface area contributed by atoms with Crippen molar-refractivity contribution < 1.29 is 23.9 Å². The molecule has 2 aromatic carbocycles. The van der Waals surface area contributed by atoms with E-state index < -0.39 is 5.92 Å². The minimum Gasteiger partial charge on any atom is -0.493 e. The second-order valence-electron chi connectivity index (χ2n) is 8.43. The highest BCUT2D eigenvalue weighted by molar-refractivity contribution is 6.07. The van der Waals surface area contributed by atoms with Gasteiger partial charge in [0, 0.05) is 37.8 Å². The van der Waals surface area contributed by atoms with Crippen LogP contribution < -0.4 is 19.7 Å². The first-order chi connectivity index (χ1) is 15.9. The van der Waals surface area contributed by atoms with Crippen LogP contribution in [0.1, 0.15) is 35.2 Å². The first-order valence-corrected chi connectivity index (χ1v) is 11.1. The van der Waals surface area contributed by atoms with Gasteiger partial charge >= 0.3 is 0 Å². The van der Waals surface area contributed by atoms with Crippen molar-refractivity contribution in [2.45, 2.75) is 26.2 Å². The fourth-order valence-electron chi connectivity index (χ4n) is 4.45. The maximum Gasteiger partial charge on any atom is 0.255 e. The number of hydrogen-bond acceptors (Lipinski definition) is 5.